The lowest BCUT2D eigenvalue weighted by molar-refractivity contribution is -0.110. The fourth-order valence-electron chi connectivity index (χ4n) is 2.26. The Labute approximate surface area is 155 Å². The third-order valence-corrected chi connectivity index (χ3v) is 6.30. The van der Waals surface area contributed by atoms with E-state index in [2.05, 4.69) is 0 Å². The van der Waals surface area contributed by atoms with E-state index in [1.54, 1.807) is 11.8 Å². The van der Waals surface area contributed by atoms with Crippen molar-refractivity contribution in [2.24, 2.45) is 0 Å². The van der Waals surface area contributed by atoms with Crippen LogP contribution in [0, 0.1) is 6.92 Å². The molecule has 1 aromatic heterocycles. The van der Waals surface area contributed by atoms with E-state index < -0.39 is 5.63 Å². The number of carbonyl (C=O) groups excluding carboxylic acids is 1. The summed E-state index contributed by atoms with van der Waals surface area (Å²) in [4.78, 5) is 23.9. The zero-order chi connectivity index (χ0) is 17.5. The molecule has 0 unspecified atom stereocenters. The van der Waals surface area contributed by atoms with Crippen LogP contribution in [0.3, 0.4) is 0 Å². The predicted octanol–water partition coefficient (Wildman–Crippen LogP) is 5.69. The summed E-state index contributed by atoms with van der Waals surface area (Å²) < 4.78 is 5.27. The minimum atomic E-state index is -0.483. The topological polar surface area (TPSA) is 47.3 Å². The van der Waals surface area contributed by atoms with Gasteiger partial charge >= 0.3 is 5.63 Å². The first-order chi connectivity index (χ1) is 11.5. The van der Waals surface area contributed by atoms with E-state index in [4.69, 9.17) is 16.0 Å². The summed E-state index contributed by atoms with van der Waals surface area (Å²) in [5.41, 5.74) is 0.864. The van der Waals surface area contributed by atoms with Crippen molar-refractivity contribution in [3.05, 3.63) is 39.2 Å². The van der Waals surface area contributed by atoms with Crippen LogP contribution in [0.5, 0.6) is 0 Å². The molecule has 0 aliphatic carbocycles. The monoisotopic (exact) mass is 384 g/mol. The number of rotatable bonds is 8. The van der Waals surface area contributed by atoms with Crippen LogP contribution < -0.4 is 5.63 Å². The van der Waals surface area contributed by atoms with E-state index in [1.807, 2.05) is 32.0 Å². The van der Waals surface area contributed by atoms with Crippen LogP contribution in [0.15, 0.2) is 32.3 Å². The highest BCUT2D eigenvalue weighted by molar-refractivity contribution is 8.13. The third-order valence-electron chi connectivity index (χ3n) is 3.68. The number of aryl methyl sites for hydroxylation is 1. The van der Waals surface area contributed by atoms with E-state index in [-0.39, 0.29) is 10.1 Å². The van der Waals surface area contributed by atoms with Gasteiger partial charge in [-0.15, -0.1) is 11.8 Å². The summed E-state index contributed by atoms with van der Waals surface area (Å²) in [5, 5.41) is 1.31. The second kappa shape index (κ2) is 9.54. The molecule has 0 fully saturated rings. The normalized spacial score (nSPS) is 11.1. The van der Waals surface area contributed by atoms with Crippen LogP contribution >= 0.6 is 35.1 Å². The lowest BCUT2D eigenvalue weighted by atomic mass is 10.1. The molecule has 24 heavy (non-hydrogen) atoms. The van der Waals surface area contributed by atoms with E-state index in [9.17, 15) is 9.59 Å². The van der Waals surface area contributed by atoms with Crippen LogP contribution in [0.1, 0.15) is 38.2 Å². The van der Waals surface area contributed by atoms with Gasteiger partial charge in [0.1, 0.15) is 10.6 Å². The summed E-state index contributed by atoms with van der Waals surface area (Å²) in [6.45, 7) is 3.72. The highest BCUT2D eigenvalue weighted by Crippen LogP contribution is 2.28. The van der Waals surface area contributed by atoms with Gasteiger partial charge in [0, 0.05) is 22.5 Å². The van der Waals surface area contributed by atoms with Gasteiger partial charge in [-0.1, -0.05) is 36.7 Å². The fraction of sp³-hybridized carbons (Fsp3) is 0.444. The first kappa shape index (κ1) is 19.4. The highest BCUT2D eigenvalue weighted by atomic mass is 35.5. The molecule has 0 spiro atoms. The summed E-state index contributed by atoms with van der Waals surface area (Å²) in [5.74, 6) is 1.92. The molecule has 0 bridgehead atoms. The Bertz CT molecular complexity index is 771. The van der Waals surface area contributed by atoms with Crippen molar-refractivity contribution in [3.8, 4) is 0 Å². The number of halogens is 1. The Morgan fingerprint density at radius 1 is 1.21 bits per heavy atom. The number of benzene rings is 1. The first-order valence-electron chi connectivity index (χ1n) is 8.04. The van der Waals surface area contributed by atoms with Gasteiger partial charge in [-0.2, -0.15) is 0 Å². The predicted molar refractivity (Wildman–Crippen MR) is 105 cm³/mol. The molecule has 0 aliphatic heterocycles. The van der Waals surface area contributed by atoms with Crippen molar-refractivity contribution in [2.75, 3.05) is 11.5 Å². The van der Waals surface area contributed by atoms with Gasteiger partial charge in [0.2, 0.25) is 0 Å². The van der Waals surface area contributed by atoms with Gasteiger partial charge in [0.15, 0.2) is 5.12 Å². The Morgan fingerprint density at radius 2 is 1.96 bits per heavy atom. The molecule has 0 N–H and O–H groups in total. The van der Waals surface area contributed by atoms with E-state index >= 15 is 0 Å². The van der Waals surface area contributed by atoms with E-state index in [0.29, 0.717) is 12.0 Å². The number of carbonyl (C=O) groups is 1. The molecule has 0 saturated heterocycles. The minimum Gasteiger partial charge on any atom is -0.422 e. The van der Waals surface area contributed by atoms with Gasteiger partial charge in [-0.05, 0) is 49.3 Å². The Kier molecular flexibility index (Phi) is 7.72. The maximum Gasteiger partial charge on any atom is 0.355 e. The van der Waals surface area contributed by atoms with Gasteiger partial charge in [0.25, 0.3) is 0 Å². The van der Waals surface area contributed by atoms with E-state index in [1.165, 1.54) is 11.8 Å². The summed E-state index contributed by atoms with van der Waals surface area (Å²) in [7, 11) is 0. The molecule has 1 heterocycles. The molecule has 0 atom stereocenters. The average Bonchev–Trinajstić information content (AvgIpc) is 2.58. The largest absolute Gasteiger partial charge is 0.422 e. The zero-order valence-electron chi connectivity index (χ0n) is 13.9. The van der Waals surface area contributed by atoms with E-state index in [0.717, 1.165) is 46.6 Å². The van der Waals surface area contributed by atoms with Crippen LogP contribution in [0.4, 0.5) is 0 Å². The molecule has 6 heteroatoms. The molecule has 2 aromatic rings. The van der Waals surface area contributed by atoms with Crippen LogP contribution in [-0.2, 0) is 4.79 Å². The Morgan fingerprint density at radius 3 is 2.71 bits per heavy atom. The second-order valence-corrected chi connectivity index (χ2v) is 8.17. The molecule has 1 aromatic carbocycles. The van der Waals surface area contributed by atoms with Gasteiger partial charge in [0.05, 0.1) is 0 Å². The Balaban J connectivity index is 1.82. The lowest BCUT2D eigenvalue weighted by Crippen LogP contribution is -2.01. The number of thioether (sulfide) groups is 2. The van der Waals surface area contributed by atoms with Gasteiger partial charge in [-0.3, -0.25) is 4.79 Å². The molecule has 3 nitrogen and oxygen atoms in total. The summed E-state index contributed by atoms with van der Waals surface area (Å²) >= 11 is 9.12. The molecule has 0 aliphatic rings. The third kappa shape index (κ3) is 5.30. The fourth-order valence-corrected chi connectivity index (χ4v) is 4.12. The molecule has 130 valence electrons. The molecular formula is C18H21ClO3S2. The van der Waals surface area contributed by atoms with Crippen molar-refractivity contribution in [3.63, 3.8) is 0 Å². The quantitative estimate of drug-likeness (QED) is 0.332. The molecule has 0 radical (unpaired) electrons. The first-order valence-corrected chi connectivity index (χ1v) is 10.4. The van der Waals surface area contributed by atoms with Crippen LogP contribution in [0.25, 0.3) is 11.0 Å². The van der Waals surface area contributed by atoms with Gasteiger partial charge in [-0.25, -0.2) is 4.79 Å². The van der Waals surface area contributed by atoms with Crippen molar-refractivity contribution in [1.29, 1.82) is 0 Å². The maximum absolute atomic E-state index is 11.7. The average molecular weight is 385 g/mol. The molecule has 0 saturated carbocycles. The van der Waals surface area contributed by atoms with Crippen LogP contribution in [0.2, 0.25) is 5.02 Å². The van der Waals surface area contributed by atoms with Crippen molar-refractivity contribution in [2.45, 2.75) is 44.4 Å². The summed E-state index contributed by atoms with van der Waals surface area (Å²) in [6.07, 6.45) is 3.91. The SMILES string of the molecule is CCC(=O)SCCCCCSc1ccc2c(C)c(Cl)c(=O)oc2c1. The zero-order valence-corrected chi connectivity index (χ0v) is 16.3. The number of unbranched alkanes of at least 4 members (excludes halogenated alkanes) is 2. The van der Waals surface area contributed by atoms with Crippen molar-refractivity contribution < 1.29 is 9.21 Å². The van der Waals surface area contributed by atoms with Crippen molar-refractivity contribution in [1.82, 2.24) is 0 Å². The minimum absolute atomic E-state index is 0.155. The lowest BCUT2D eigenvalue weighted by Gasteiger charge is -2.06. The van der Waals surface area contributed by atoms with Crippen molar-refractivity contribution >= 4 is 51.2 Å². The number of hydrogen-bond acceptors (Lipinski definition) is 5. The van der Waals surface area contributed by atoms with Gasteiger partial charge < -0.3 is 4.42 Å². The van der Waals surface area contributed by atoms with Crippen LogP contribution in [-0.4, -0.2) is 16.6 Å². The molecular weight excluding hydrogens is 364 g/mol. The second-order valence-electron chi connectivity index (χ2n) is 5.47. The smallest absolute Gasteiger partial charge is 0.355 e. The standard InChI is InChI=1S/C18H21ClO3S2/c1-3-16(20)24-10-6-4-5-9-23-13-7-8-14-12(2)17(19)18(21)22-15(14)11-13/h7-8,11H,3-6,9-10H2,1-2H3. The molecule has 2 rings (SSSR count). The Hall–Kier alpha value is -0.910. The number of fused-ring (bicyclic) bond motifs is 1. The highest BCUT2D eigenvalue weighted by Gasteiger charge is 2.09. The molecule has 0 amide bonds. The summed E-state index contributed by atoms with van der Waals surface area (Å²) in [6, 6.07) is 5.89. The maximum atomic E-state index is 11.7. The number of hydrogen-bond donors (Lipinski definition) is 0.